The lowest BCUT2D eigenvalue weighted by molar-refractivity contribution is -0.137. The van der Waals surface area contributed by atoms with Gasteiger partial charge in [-0.05, 0) is 24.5 Å². The molecule has 0 saturated carbocycles. The Bertz CT molecular complexity index is 487. The molecule has 1 N–H and O–H groups in total. The van der Waals surface area contributed by atoms with E-state index in [4.69, 9.17) is 5.11 Å². The minimum atomic E-state index is -0.978. The van der Waals surface area contributed by atoms with Crippen molar-refractivity contribution < 1.29 is 14.7 Å². The van der Waals surface area contributed by atoms with Crippen LogP contribution in [0.15, 0.2) is 24.3 Å². The van der Waals surface area contributed by atoms with E-state index < -0.39 is 5.97 Å². The second kappa shape index (κ2) is 5.73. The minimum absolute atomic E-state index is 0.214. The monoisotopic (exact) mass is 262 g/mol. The maximum Gasteiger partial charge on any atom is 0.325 e. The van der Waals surface area contributed by atoms with Crippen molar-refractivity contribution in [1.82, 2.24) is 4.90 Å². The van der Waals surface area contributed by atoms with Gasteiger partial charge in [-0.3, -0.25) is 9.69 Å². The molecule has 0 atom stereocenters. The highest BCUT2D eigenvalue weighted by molar-refractivity contribution is 5.95. The van der Waals surface area contributed by atoms with Crippen LogP contribution < -0.4 is 4.90 Å². The molecule has 0 aromatic heterocycles. The molecule has 0 unspecified atom stereocenters. The van der Waals surface area contributed by atoms with Crippen molar-refractivity contribution in [2.45, 2.75) is 19.8 Å². The molecule has 0 spiro atoms. The molecular weight excluding hydrogens is 244 g/mol. The van der Waals surface area contributed by atoms with Gasteiger partial charge in [0.15, 0.2) is 0 Å². The molecule has 0 bridgehead atoms. The SMILES string of the molecule is CCCN(CC(=O)O)C(=O)N1CCc2ccccc21. The fraction of sp³-hybridized carbons (Fsp3) is 0.429. The van der Waals surface area contributed by atoms with Crippen LogP contribution in [0.2, 0.25) is 0 Å². The number of anilines is 1. The Kier molecular flexibility index (Phi) is 4.04. The Morgan fingerprint density at radius 1 is 1.37 bits per heavy atom. The van der Waals surface area contributed by atoms with Gasteiger partial charge in [0.05, 0.1) is 0 Å². The van der Waals surface area contributed by atoms with Gasteiger partial charge in [-0.2, -0.15) is 0 Å². The summed E-state index contributed by atoms with van der Waals surface area (Å²) >= 11 is 0. The van der Waals surface area contributed by atoms with Crippen molar-refractivity contribution in [1.29, 1.82) is 0 Å². The summed E-state index contributed by atoms with van der Waals surface area (Å²) in [6.45, 7) is 2.77. The van der Waals surface area contributed by atoms with E-state index in [0.29, 0.717) is 13.1 Å². The van der Waals surface area contributed by atoms with Gasteiger partial charge in [0.2, 0.25) is 0 Å². The molecule has 1 aliphatic heterocycles. The van der Waals surface area contributed by atoms with E-state index in [2.05, 4.69) is 0 Å². The summed E-state index contributed by atoms with van der Waals surface area (Å²) in [5.74, 6) is -0.978. The van der Waals surface area contributed by atoms with Crippen LogP contribution in [0.5, 0.6) is 0 Å². The number of hydrogen-bond donors (Lipinski definition) is 1. The molecule has 1 aromatic carbocycles. The second-order valence-corrected chi connectivity index (χ2v) is 4.63. The molecule has 1 heterocycles. The maximum absolute atomic E-state index is 12.4. The van der Waals surface area contributed by atoms with Gasteiger partial charge in [0, 0.05) is 18.8 Å². The maximum atomic E-state index is 12.4. The lowest BCUT2D eigenvalue weighted by atomic mass is 10.2. The zero-order valence-corrected chi connectivity index (χ0v) is 11.0. The summed E-state index contributed by atoms with van der Waals surface area (Å²) in [6.07, 6.45) is 1.57. The normalized spacial score (nSPS) is 13.2. The number of carbonyl (C=O) groups excluding carboxylic acids is 1. The van der Waals surface area contributed by atoms with Crippen molar-refractivity contribution >= 4 is 17.7 Å². The molecule has 2 amide bonds. The Labute approximate surface area is 112 Å². The summed E-state index contributed by atoms with van der Waals surface area (Å²) in [6, 6.07) is 7.54. The number of carbonyl (C=O) groups is 2. The number of carboxylic acids is 1. The Balaban J connectivity index is 2.17. The van der Waals surface area contributed by atoms with Crippen LogP contribution in [0.1, 0.15) is 18.9 Å². The lowest BCUT2D eigenvalue weighted by Gasteiger charge is -2.26. The molecule has 5 nitrogen and oxygen atoms in total. The first kappa shape index (κ1) is 13.4. The van der Waals surface area contributed by atoms with Crippen molar-refractivity contribution in [2.75, 3.05) is 24.5 Å². The number of urea groups is 1. The van der Waals surface area contributed by atoms with Gasteiger partial charge in [-0.15, -0.1) is 0 Å². The molecular formula is C14H18N2O3. The molecule has 102 valence electrons. The predicted molar refractivity (Wildman–Crippen MR) is 72.4 cm³/mol. The van der Waals surface area contributed by atoms with Crippen LogP contribution in [0.25, 0.3) is 0 Å². The Morgan fingerprint density at radius 3 is 2.79 bits per heavy atom. The third kappa shape index (κ3) is 2.86. The number of hydrogen-bond acceptors (Lipinski definition) is 2. The quantitative estimate of drug-likeness (QED) is 0.902. The highest BCUT2D eigenvalue weighted by Gasteiger charge is 2.28. The number of benzene rings is 1. The average Bonchev–Trinajstić information content (AvgIpc) is 2.80. The summed E-state index contributed by atoms with van der Waals surface area (Å²) in [5.41, 5.74) is 2.04. The highest BCUT2D eigenvalue weighted by atomic mass is 16.4. The zero-order valence-electron chi connectivity index (χ0n) is 11.0. The van der Waals surface area contributed by atoms with Crippen LogP contribution in [0.4, 0.5) is 10.5 Å². The third-order valence-electron chi connectivity index (χ3n) is 3.21. The lowest BCUT2D eigenvalue weighted by Crippen LogP contribution is -2.45. The standard InChI is InChI=1S/C14H18N2O3/c1-2-8-15(10-13(17)18)14(19)16-9-7-11-5-3-4-6-12(11)16/h3-6H,2,7-10H2,1H3,(H,17,18). The largest absolute Gasteiger partial charge is 0.480 e. The summed E-state index contributed by atoms with van der Waals surface area (Å²) in [7, 11) is 0. The van der Waals surface area contributed by atoms with Crippen LogP contribution in [-0.2, 0) is 11.2 Å². The minimum Gasteiger partial charge on any atom is -0.480 e. The molecule has 19 heavy (non-hydrogen) atoms. The number of rotatable bonds is 4. The highest BCUT2D eigenvalue weighted by Crippen LogP contribution is 2.28. The van der Waals surface area contributed by atoms with Crippen LogP contribution >= 0.6 is 0 Å². The molecule has 1 aliphatic rings. The fourth-order valence-corrected chi connectivity index (χ4v) is 2.38. The number of aliphatic carboxylic acids is 1. The second-order valence-electron chi connectivity index (χ2n) is 4.63. The van der Waals surface area contributed by atoms with E-state index in [1.807, 2.05) is 31.2 Å². The first-order valence-electron chi connectivity index (χ1n) is 6.49. The number of amides is 2. The van der Waals surface area contributed by atoms with Crippen molar-refractivity contribution in [3.8, 4) is 0 Å². The van der Waals surface area contributed by atoms with E-state index in [1.165, 1.54) is 4.90 Å². The molecule has 0 radical (unpaired) electrons. The van der Waals surface area contributed by atoms with E-state index in [1.54, 1.807) is 4.90 Å². The van der Waals surface area contributed by atoms with Crippen LogP contribution in [0, 0.1) is 0 Å². The van der Waals surface area contributed by atoms with E-state index in [-0.39, 0.29) is 12.6 Å². The van der Waals surface area contributed by atoms with Gasteiger partial charge in [-0.25, -0.2) is 4.79 Å². The van der Waals surface area contributed by atoms with Crippen LogP contribution in [0.3, 0.4) is 0 Å². The van der Waals surface area contributed by atoms with Crippen molar-refractivity contribution in [2.24, 2.45) is 0 Å². The number of fused-ring (bicyclic) bond motifs is 1. The van der Waals surface area contributed by atoms with Gasteiger partial charge in [0.25, 0.3) is 0 Å². The molecule has 5 heteroatoms. The predicted octanol–water partition coefficient (Wildman–Crippen LogP) is 1.97. The Hall–Kier alpha value is -2.04. The topological polar surface area (TPSA) is 60.9 Å². The summed E-state index contributed by atoms with van der Waals surface area (Å²) in [4.78, 5) is 26.3. The Morgan fingerprint density at radius 2 is 2.11 bits per heavy atom. The van der Waals surface area contributed by atoms with Gasteiger partial charge in [0.1, 0.15) is 6.54 Å². The van der Waals surface area contributed by atoms with E-state index >= 15 is 0 Å². The first-order chi connectivity index (χ1) is 9.13. The van der Waals surface area contributed by atoms with E-state index in [0.717, 1.165) is 24.1 Å². The first-order valence-corrected chi connectivity index (χ1v) is 6.49. The van der Waals surface area contributed by atoms with Gasteiger partial charge < -0.3 is 10.0 Å². The number of nitrogens with zero attached hydrogens (tertiary/aromatic N) is 2. The zero-order chi connectivity index (χ0) is 13.8. The van der Waals surface area contributed by atoms with Gasteiger partial charge in [-0.1, -0.05) is 25.1 Å². The van der Waals surface area contributed by atoms with Crippen molar-refractivity contribution in [3.63, 3.8) is 0 Å². The number of carboxylic acid groups (broad SMARTS) is 1. The van der Waals surface area contributed by atoms with Crippen LogP contribution in [-0.4, -0.2) is 41.6 Å². The molecule has 0 fully saturated rings. The molecule has 0 aliphatic carbocycles. The van der Waals surface area contributed by atoms with Gasteiger partial charge >= 0.3 is 12.0 Å². The van der Waals surface area contributed by atoms with Crippen molar-refractivity contribution in [3.05, 3.63) is 29.8 Å². The number of para-hydroxylation sites is 1. The molecule has 2 rings (SSSR count). The van der Waals surface area contributed by atoms with E-state index in [9.17, 15) is 9.59 Å². The third-order valence-corrected chi connectivity index (χ3v) is 3.21. The molecule has 1 aromatic rings. The molecule has 0 saturated heterocycles. The summed E-state index contributed by atoms with van der Waals surface area (Å²) < 4.78 is 0. The average molecular weight is 262 g/mol. The fourth-order valence-electron chi connectivity index (χ4n) is 2.38. The summed E-state index contributed by atoms with van der Waals surface area (Å²) in [5, 5.41) is 8.89. The smallest absolute Gasteiger partial charge is 0.325 e.